The molecule has 1 aliphatic heterocycles. The quantitative estimate of drug-likeness (QED) is 0.486. The Balaban J connectivity index is 2.27. The summed E-state index contributed by atoms with van der Waals surface area (Å²) in [5, 5.41) is 0. The molecule has 0 aliphatic carbocycles. The van der Waals surface area contributed by atoms with E-state index < -0.39 is 0 Å². The SMILES string of the molecule is CCC[N+]1=CCN(C)C1. The van der Waals surface area contributed by atoms with Gasteiger partial charge in [0.2, 0.25) is 0 Å². The van der Waals surface area contributed by atoms with Crippen molar-refractivity contribution in [2.45, 2.75) is 13.3 Å². The van der Waals surface area contributed by atoms with E-state index in [9.17, 15) is 0 Å². The van der Waals surface area contributed by atoms with E-state index in [1.807, 2.05) is 0 Å². The monoisotopic (exact) mass is 127 g/mol. The van der Waals surface area contributed by atoms with Crippen molar-refractivity contribution in [3.05, 3.63) is 0 Å². The molecule has 0 amide bonds. The molecular formula is C7H15N2+. The van der Waals surface area contributed by atoms with Crippen LogP contribution in [0.1, 0.15) is 13.3 Å². The number of hydrogen-bond donors (Lipinski definition) is 0. The highest BCUT2D eigenvalue weighted by Crippen LogP contribution is 1.91. The van der Waals surface area contributed by atoms with Crippen molar-refractivity contribution in [3.8, 4) is 0 Å². The zero-order valence-electron chi connectivity index (χ0n) is 6.30. The molecule has 0 saturated carbocycles. The fraction of sp³-hybridized carbons (Fsp3) is 0.857. The molecule has 0 unspecified atom stereocenters. The molecule has 0 aromatic carbocycles. The first-order chi connectivity index (χ1) is 4.33. The Morgan fingerprint density at radius 1 is 1.67 bits per heavy atom. The van der Waals surface area contributed by atoms with Crippen LogP contribution in [0.4, 0.5) is 0 Å². The van der Waals surface area contributed by atoms with Gasteiger partial charge in [-0.2, -0.15) is 0 Å². The average Bonchev–Trinajstić information content (AvgIpc) is 2.17. The molecule has 1 aliphatic rings. The van der Waals surface area contributed by atoms with E-state index in [1.54, 1.807) is 0 Å². The second kappa shape index (κ2) is 2.97. The molecule has 0 radical (unpaired) electrons. The third-order valence-electron chi connectivity index (χ3n) is 1.59. The predicted octanol–water partition coefficient (Wildman–Crippen LogP) is 0.383. The van der Waals surface area contributed by atoms with Crippen molar-refractivity contribution in [1.82, 2.24) is 4.90 Å². The van der Waals surface area contributed by atoms with Gasteiger partial charge in [0.15, 0.2) is 12.9 Å². The summed E-state index contributed by atoms with van der Waals surface area (Å²) in [6, 6.07) is 0. The largest absolute Gasteiger partial charge is 0.242 e. The van der Waals surface area contributed by atoms with Gasteiger partial charge in [-0.05, 0) is 7.05 Å². The fourth-order valence-electron chi connectivity index (χ4n) is 1.13. The van der Waals surface area contributed by atoms with E-state index in [0.29, 0.717) is 0 Å². The molecule has 1 heterocycles. The maximum Gasteiger partial charge on any atom is 0.199 e. The van der Waals surface area contributed by atoms with E-state index >= 15 is 0 Å². The Hall–Kier alpha value is -0.370. The maximum atomic E-state index is 2.36. The normalized spacial score (nSPS) is 20.4. The molecule has 2 nitrogen and oxygen atoms in total. The van der Waals surface area contributed by atoms with Gasteiger partial charge in [0.25, 0.3) is 0 Å². The lowest BCUT2D eigenvalue weighted by Gasteiger charge is -2.00. The molecule has 0 atom stereocenters. The molecule has 1 rings (SSSR count). The Morgan fingerprint density at radius 2 is 2.44 bits per heavy atom. The summed E-state index contributed by atoms with van der Waals surface area (Å²) in [4.78, 5) is 2.30. The Bertz CT molecular complexity index is 118. The third-order valence-corrected chi connectivity index (χ3v) is 1.59. The Kier molecular flexibility index (Phi) is 2.22. The Morgan fingerprint density at radius 3 is 2.89 bits per heavy atom. The van der Waals surface area contributed by atoms with Gasteiger partial charge in [-0.3, -0.25) is 0 Å². The molecule has 0 N–H and O–H groups in total. The summed E-state index contributed by atoms with van der Waals surface area (Å²) in [5.74, 6) is 0. The first-order valence-electron chi connectivity index (χ1n) is 3.59. The minimum atomic E-state index is 1.12. The molecule has 2 heteroatoms. The number of nitrogens with zero attached hydrogens (tertiary/aromatic N) is 2. The van der Waals surface area contributed by atoms with Crippen molar-refractivity contribution in [3.63, 3.8) is 0 Å². The van der Waals surface area contributed by atoms with Crippen LogP contribution in [0, 0.1) is 0 Å². The van der Waals surface area contributed by atoms with Gasteiger partial charge in [-0.1, -0.05) is 6.92 Å². The lowest BCUT2D eigenvalue weighted by molar-refractivity contribution is -0.530. The summed E-state index contributed by atoms with van der Waals surface area (Å²) in [6.07, 6.45) is 3.52. The van der Waals surface area contributed by atoms with E-state index in [0.717, 1.165) is 13.2 Å². The van der Waals surface area contributed by atoms with Crippen LogP contribution in [-0.2, 0) is 0 Å². The summed E-state index contributed by atoms with van der Waals surface area (Å²) in [5.41, 5.74) is 0. The van der Waals surface area contributed by atoms with Crippen LogP contribution in [0.5, 0.6) is 0 Å². The molecule has 9 heavy (non-hydrogen) atoms. The van der Waals surface area contributed by atoms with E-state index in [4.69, 9.17) is 0 Å². The smallest absolute Gasteiger partial charge is 0.199 e. The van der Waals surface area contributed by atoms with Crippen molar-refractivity contribution in [2.24, 2.45) is 0 Å². The van der Waals surface area contributed by atoms with Crippen molar-refractivity contribution in [2.75, 3.05) is 26.8 Å². The molecular weight excluding hydrogens is 112 g/mol. The number of rotatable bonds is 2. The summed E-state index contributed by atoms with van der Waals surface area (Å²) >= 11 is 0. The van der Waals surface area contributed by atoms with Crippen molar-refractivity contribution in [1.29, 1.82) is 0 Å². The lowest BCUT2D eigenvalue weighted by Crippen LogP contribution is -2.20. The first-order valence-corrected chi connectivity index (χ1v) is 3.59. The maximum absolute atomic E-state index is 2.36. The number of hydrogen-bond acceptors (Lipinski definition) is 1. The summed E-state index contributed by atoms with van der Waals surface area (Å²) < 4.78 is 2.36. The minimum Gasteiger partial charge on any atom is -0.242 e. The summed E-state index contributed by atoms with van der Waals surface area (Å²) in [6.45, 7) is 5.67. The van der Waals surface area contributed by atoms with Crippen molar-refractivity contribution >= 4 is 6.21 Å². The van der Waals surface area contributed by atoms with Gasteiger partial charge >= 0.3 is 0 Å². The molecule has 0 aromatic heterocycles. The van der Waals surface area contributed by atoms with E-state index in [2.05, 4.69) is 29.7 Å². The van der Waals surface area contributed by atoms with Gasteiger partial charge < -0.3 is 0 Å². The molecule has 0 spiro atoms. The van der Waals surface area contributed by atoms with Crippen LogP contribution >= 0.6 is 0 Å². The fourth-order valence-corrected chi connectivity index (χ4v) is 1.13. The van der Waals surface area contributed by atoms with Gasteiger partial charge in [0.1, 0.15) is 6.54 Å². The second-order valence-electron chi connectivity index (χ2n) is 2.67. The van der Waals surface area contributed by atoms with Crippen LogP contribution in [0.15, 0.2) is 0 Å². The van der Waals surface area contributed by atoms with Gasteiger partial charge in [0.05, 0.1) is 6.54 Å². The van der Waals surface area contributed by atoms with Crippen LogP contribution < -0.4 is 0 Å². The third kappa shape index (κ3) is 1.79. The highest BCUT2D eigenvalue weighted by atomic mass is 15.3. The first kappa shape index (κ1) is 6.75. The highest BCUT2D eigenvalue weighted by Gasteiger charge is 2.13. The zero-order valence-corrected chi connectivity index (χ0v) is 6.30. The highest BCUT2D eigenvalue weighted by molar-refractivity contribution is 5.54. The average molecular weight is 127 g/mol. The zero-order chi connectivity index (χ0) is 6.69. The van der Waals surface area contributed by atoms with Crippen LogP contribution in [-0.4, -0.2) is 42.5 Å². The van der Waals surface area contributed by atoms with E-state index in [-0.39, 0.29) is 0 Å². The standard InChI is InChI=1S/C7H15N2/c1-3-4-9-6-5-8(2)7-9/h6H,3-5,7H2,1-2H3/q+1. The molecule has 52 valence electrons. The Labute approximate surface area is 56.8 Å². The van der Waals surface area contributed by atoms with E-state index in [1.165, 1.54) is 13.0 Å². The van der Waals surface area contributed by atoms with Gasteiger partial charge in [0, 0.05) is 6.42 Å². The molecule has 0 fully saturated rings. The predicted molar refractivity (Wildman–Crippen MR) is 39.0 cm³/mol. The molecule has 0 aromatic rings. The van der Waals surface area contributed by atoms with Crippen LogP contribution in [0.2, 0.25) is 0 Å². The molecule has 0 saturated heterocycles. The summed E-state index contributed by atoms with van der Waals surface area (Å²) in [7, 11) is 2.14. The van der Waals surface area contributed by atoms with Crippen LogP contribution in [0.3, 0.4) is 0 Å². The van der Waals surface area contributed by atoms with Crippen molar-refractivity contribution < 1.29 is 4.58 Å². The minimum absolute atomic E-state index is 1.12. The lowest BCUT2D eigenvalue weighted by atomic mass is 10.5. The molecule has 0 bridgehead atoms. The van der Waals surface area contributed by atoms with Gasteiger partial charge in [-0.15, -0.1) is 0 Å². The van der Waals surface area contributed by atoms with Crippen LogP contribution in [0.25, 0.3) is 0 Å². The topological polar surface area (TPSA) is 6.25 Å². The van der Waals surface area contributed by atoms with Gasteiger partial charge in [-0.25, -0.2) is 9.48 Å². The second-order valence-corrected chi connectivity index (χ2v) is 2.67.